The molecule has 3 aliphatic rings. The number of allylic oxidation sites excluding steroid dienone is 2. The van der Waals surface area contributed by atoms with E-state index in [-0.39, 0.29) is 24.0 Å². The summed E-state index contributed by atoms with van der Waals surface area (Å²) in [5, 5.41) is 20.8. The zero-order valence-electron chi connectivity index (χ0n) is 15.9. The smallest absolute Gasteiger partial charge is 0.217 e. The van der Waals surface area contributed by atoms with Crippen molar-refractivity contribution in [3.05, 3.63) is 23.8 Å². The van der Waals surface area contributed by atoms with Crippen molar-refractivity contribution in [3.63, 3.8) is 0 Å². The van der Waals surface area contributed by atoms with Crippen LogP contribution < -0.4 is 5.73 Å². The highest BCUT2D eigenvalue weighted by Gasteiger charge is 2.43. The lowest BCUT2D eigenvalue weighted by molar-refractivity contribution is -0.118. The lowest BCUT2D eigenvalue weighted by atomic mass is 9.88. The van der Waals surface area contributed by atoms with E-state index in [2.05, 4.69) is 12.2 Å². The van der Waals surface area contributed by atoms with Gasteiger partial charge in [-0.05, 0) is 56.3 Å². The molecule has 2 fully saturated rings. The third-order valence-corrected chi connectivity index (χ3v) is 6.73. The maximum Gasteiger partial charge on any atom is 0.217 e. The second-order valence-corrected chi connectivity index (χ2v) is 8.75. The number of fused-ring (bicyclic) bond motifs is 1. The molecule has 3 rings (SSSR count). The molecule has 0 spiro atoms. The molecule has 0 aromatic carbocycles. The highest BCUT2D eigenvalue weighted by atomic mass is 16.3. The topological polar surface area (TPSA) is 83.6 Å². The van der Waals surface area contributed by atoms with Gasteiger partial charge in [0, 0.05) is 12.3 Å². The maximum atomic E-state index is 10.8. The molecule has 146 valence electrons. The molecule has 4 N–H and O–H groups in total. The van der Waals surface area contributed by atoms with E-state index < -0.39 is 0 Å². The molecule has 0 saturated heterocycles. The van der Waals surface area contributed by atoms with Gasteiger partial charge in [0.1, 0.15) is 0 Å². The van der Waals surface area contributed by atoms with Gasteiger partial charge in [0.2, 0.25) is 5.91 Å². The Bertz CT molecular complexity index is 536. The van der Waals surface area contributed by atoms with Gasteiger partial charge in [-0.2, -0.15) is 0 Å². The fraction of sp³-hybridized carbons (Fsp3) is 0.773. The first-order valence-electron chi connectivity index (χ1n) is 10.5. The number of carbonyl (C=O) groups is 1. The third kappa shape index (κ3) is 5.20. The minimum absolute atomic E-state index is 0.164. The van der Waals surface area contributed by atoms with Crippen molar-refractivity contribution in [2.45, 2.75) is 82.8 Å². The average molecular weight is 362 g/mol. The fourth-order valence-electron chi connectivity index (χ4n) is 5.36. The van der Waals surface area contributed by atoms with E-state index in [9.17, 15) is 15.0 Å². The highest BCUT2D eigenvalue weighted by Crippen LogP contribution is 2.48. The van der Waals surface area contributed by atoms with Crippen LogP contribution in [0.5, 0.6) is 0 Å². The molecule has 3 aliphatic carbocycles. The van der Waals surface area contributed by atoms with E-state index >= 15 is 0 Å². The molecule has 26 heavy (non-hydrogen) atoms. The maximum absolute atomic E-state index is 10.8. The monoisotopic (exact) mass is 361 g/mol. The first-order valence-corrected chi connectivity index (χ1v) is 10.5. The number of unbranched alkanes of at least 4 members (excludes halogenated alkanes) is 1. The molecule has 0 radical (unpaired) electrons. The minimum atomic E-state index is -0.369. The molecule has 5 atom stereocenters. The van der Waals surface area contributed by atoms with Crippen LogP contribution in [0.1, 0.15) is 70.6 Å². The number of amides is 1. The Morgan fingerprint density at radius 3 is 2.81 bits per heavy atom. The molecule has 0 aromatic rings. The Morgan fingerprint density at radius 1 is 1.31 bits per heavy atom. The SMILES string of the molecule is NC(=O)CCCCC1=C[C@H]2C[C@@H](O)[C@H](/C=C/[C@@H](O)CC3CCCC3)[C@H]2C1. The number of aliphatic hydroxyl groups excluding tert-OH is 2. The van der Waals surface area contributed by atoms with Gasteiger partial charge >= 0.3 is 0 Å². The van der Waals surface area contributed by atoms with Crippen molar-refractivity contribution in [2.75, 3.05) is 0 Å². The van der Waals surface area contributed by atoms with Crippen LogP contribution in [0, 0.1) is 23.7 Å². The zero-order chi connectivity index (χ0) is 18.5. The number of carbonyl (C=O) groups excluding carboxylic acids is 1. The van der Waals surface area contributed by atoms with Gasteiger partial charge in [0.15, 0.2) is 0 Å². The minimum Gasteiger partial charge on any atom is -0.392 e. The van der Waals surface area contributed by atoms with Crippen LogP contribution in [0.3, 0.4) is 0 Å². The Kier molecular flexibility index (Phi) is 6.93. The largest absolute Gasteiger partial charge is 0.392 e. The van der Waals surface area contributed by atoms with Crippen molar-refractivity contribution in [3.8, 4) is 0 Å². The van der Waals surface area contributed by atoms with Crippen LogP contribution >= 0.6 is 0 Å². The summed E-state index contributed by atoms with van der Waals surface area (Å²) in [6, 6.07) is 0. The first kappa shape index (κ1) is 19.6. The van der Waals surface area contributed by atoms with Crippen LogP contribution in [0.25, 0.3) is 0 Å². The van der Waals surface area contributed by atoms with Gasteiger partial charge in [-0.25, -0.2) is 0 Å². The van der Waals surface area contributed by atoms with Gasteiger partial charge in [-0.15, -0.1) is 0 Å². The Balaban J connectivity index is 1.46. The Morgan fingerprint density at radius 2 is 2.08 bits per heavy atom. The molecule has 4 nitrogen and oxygen atoms in total. The number of rotatable bonds is 9. The second kappa shape index (κ2) is 9.18. The van der Waals surface area contributed by atoms with Gasteiger partial charge in [0.25, 0.3) is 0 Å². The molecular formula is C22H35NO3. The van der Waals surface area contributed by atoms with Crippen molar-refractivity contribution >= 4 is 5.91 Å². The van der Waals surface area contributed by atoms with Gasteiger partial charge in [-0.1, -0.05) is 49.5 Å². The molecule has 0 aliphatic heterocycles. The van der Waals surface area contributed by atoms with Crippen molar-refractivity contribution in [1.82, 2.24) is 0 Å². The number of primary amides is 1. The standard InChI is InChI=1S/C22H35NO3/c23-22(26)8-4-3-7-16-11-17-14-21(25)19(20(17)13-16)10-9-18(24)12-15-5-1-2-6-15/h9-11,15,17-21,24-25H,1-8,12-14H2,(H2,23,26)/b10-9+/t17-,18+,19+,20-,21+/m0/s1. The highest BCUT2D eigenvalue weighted by molar-refractivity contribution is 5.73. The predicted molar refractivity (Wildman–Crippen MR) is 103 cm³/mol. The lowest BCUT2D eigenvalue weighted by Gasteiger charge is -2.19. The summed E-state index contributed by atoms with van der Waals surface area (Å²) in [5.74, 6) is 1.57. The number of hydrogen-bond donors (Lipinski definition) is 3. The van der Waals surface area contributed by atoms with E-state index in [0.717, 1.165) is 38.5 Å². The van der Waals surface area contributed by atoms with Gasteiger partial charge < -0.3 is 15.9 Å². The molecular weight excluding hydrogens is 326 g/mol. The summed E-state index contributed by atoms with van der Waals surface area (Å²) in [4.78, 5) is 10.8. The fourth-order valence-corrected chi connectivity index (χ4v) is 5.36. The number of nitrogens with two attached hydrogens (primary N) is 1. The molecule has 2 saturated carbocycles. The van der Waals surface area contributed by atoms with Crippen LogP contribution in [-0.2, 0) is 4.79 Å². The molecule has 0 aromatic heterocycles. The van der Waals surface area contributed by atoms with Crippen LogP contribution in [0.15, 0.2) is 23.8 Å². The van der Waals surface area contributed by atoms with Crippen LogP contribution in [-0.4, -0.2) is 28.3 Å². The van der Waals surface area contributed by atoms with Crippen molar-refractivity contribution in [1.29, 1.82) is 0 Å². The predicted octanol–water partition coefficient (Wildman–Crippen LogP) is 3.47. The van der Waals surface area contributed by atoms with Crippen LogP contribution in [0.2, 0.25) is 0 Å². The summed E-state index contributed by atoms with van der Waals surface area (Å²) in [6.45, 7) is 0. The van der Waals surface area contributed by atoms with Crippen molar-refractivity contribution < 1.29 is 15.0 Å². The van der Waals surface area contributed by atoms with E-state index in [1.807, 2.05) is 6.08 Å². The van der Waals surface area contributed by atoms with Gasteiger partial charge in [0.05, 0.1) is 12.2 Å². The Labute approximate surface area is 157 Å². The molecule has 0 bridgehead atoms. The first-order chi connectivity index (χ1) is 12.5. The quantitative estimate of drug-likeness (QED) is 0.434. The summed E-state index contributed by atoms with van der Waals surface area (Å²) in [6.07, 6.45) is 17.0. The van der Waals surface area contributed by atoms with Gasteiger partial charge in [-0.3, -0.25) is 4.79 Å². The Hall–Kier alpha value is -1.13. The third-order valence-electron chi connectivity index (χ3n) is 6.73. The normalized spacial score (nSPS) is 32.9. The van der Waals surface area contributed by atoms with E-state index in [1.165, 1.54) is 31.3 Å². The number of hydrogen-bond acceptors (Lipinski definition) is 3. The zero-order valence-corrected chi connectivity index (χ0v) is 15.9. The van der Waals surface area contributed by atoms with Crippen LogP contribution in [0.4, 0.5) is 0 Å². The molecule has 0 heterocycles. The number of aliphatic hydroxyl groups is 2. The summed E-state index contributed by atoms with van der Waals surface area (Å²) in [5.41, 5.74) is 6.67. The van der Waals surface area contributed by atoms with E-state index in [0.29, 0.717) is 24.2 Å². The average Bonchev–Trinajstić information content (AvgIpc) is 3.27. The van der Waals surface area contributed by atoms with Crippen molar-refractivity contribution in [2.24, 2.45) is 29.4 Å². The molecule has 4 heteroatoms. The second-order valence-electron chi connectivity index (χ2n) is 8.75. The van der Waals surface area contributed by atoms with E-state index in [1.54, 1.807) is 0 Å². The summed E-state index contributed by atoms with van der Waals surface area (Å²) < 4.78 is 0. The lowest BCUT2D eigenvalue weighted by Crippen LogP contribution is -2.18. The summed E-state index contributed by atoms with van der Waals surface area (Å²) in [7, 11) is 0. The molecule has 1 amide bonds. The van der Waals surface area contributed by atoms with E-state index in [4.69, 9.17) is 5.73 Å². The summed E-state index contributed by atoms with van der Waals surface area (Å²) >= 11 is 0. The molecule has 0 unspecified atom stereocenters.